The Morgan fingerprint density at radius 1 is 0.966 bits per heavy atom. The summed E-state index contributed by atoms with van der Waals surface area (Å²) in [5.41, 5.74) is 2.73. The second kappa shape index (κ2) is 8.44. The molecule has 1 aliphatic heterocycles. The molecule has 5 heteroatoms. The van der Waals surface area contributed by atoms with Crippen molar-refractivity contribution < 1.29 is 19.0 Å². The first kappa shape index (κ1) is 18.5. The smallest absolute Gasteiger partial charge is 0.363 e. The van der Waals surface area contributed by atoms with Gasteiger partial charge in [0, 0.05) is 17.2 Å². The first-order chi connectivity index (χ1) is 14.2. The van der Waals surface area contributed by atoms with Crippen LogP contribution >= 0.6 is 0 Å². The number of carbonyl (C=O) groups is 1. The van der Waals surface area contributed by atoms with Crippen LogP contribution in [-0.2, 0) is 16.1 Å². The van der Waals surface area contributed by atoms with E-state index < -0.39 is 5.97 Å². The Hall–Kier alpha value is -3.86. The molecule has 0 saturated carbocycles. The van der Waals surface area contributed by atoms with Crippen molar-refractivity contribution in [3.05, 3.63) is 101 Å². The summed E-state index contributed by atoms with van der Waals surface area (Å²) >= 11 is 0. The molecular formula is C24H19NO4. The Balaban J connectivity index is 1.63. The van der Waals surface area contributed by atoms with Gasteiger partial charge < -0.3 is 14.2 Å². The number of nitrogens with zero attached hydrogens (tertiary/aromatic N) is 1. The fraction of sp³-hybridized carbons (Fsp3) is 0.0833. The van der Waals surface area contributed by atoms with Gasteiger partial charge in [0.2, 0.25) is 5.90 Å². The summed E-state index contributed by atoms with van der Waals surface area (Å²) in [6.45, 7) is 0.396. The number of methoxy groups -OCH3 is 1. The summed E-state index contributed by atoms with van der Waals surface area (Å²) < 4.78 is 16.6. The van der Waals surface area contributed by atoms with Gasteiger partial charge in [-0.25, -0.2) is 9.79 Å². The molecule has 0 atom stereocenters. The average Bonchev–Trinajstić information content (AvgIpc) is 3.14. The zero-order chi connectivity index (χ0) is 20.1. The molecule has 0 fully saturated rings. The Morgan fingerprint density at radius 3 is 2.41 bits per heavy atom. The molecule has 1 heterocycles. The van der Waals surface area contributed by atoms with E-state index in [2.05, 4.69) is 4.99 Å². The second-order valence-corrected chi connectivity index (χ2v) is 6.38. The van der Waals surface area contributed by atoms with Gasteiger partial charge in [-0.3, -0.25) is 0 Å². The van der Waals surface area contributed by atoms with Crippen molar-refractivity contribution in [3.8, 4) is 11.5 Å². The van der Waals surface area contributed by atoms with Crippen LogP contribution in [0.25, 0.3) is 6.08 Å². The zero-order valence-electron chi connectivity index (χ0n) is 15.9. The largest absolute Gasteiger partial charge is 0.497 e. The van der Waals surface area contributed by atoms with Gasteiger partial charge in [-0.15, -0.1) is 0 Å². The van der Waals surface area contributed by atoms with E-state index in [0.717, 1.165) is 11.1 Å². The van der Waals surface area contributed by atoms with E-state index in [0.29, 0.717) is 29.6 Å². The molecular weight excluding hydrogens is 366 g/mol. The Morgan fingerprint density at radius 2 is 1.69 bits per heavy atom. The highest BCUT2D eigenvalue weighted by atomic mass is 16.6. The Labute approximate surface area is 168 Å². The molecule has 0 aliphatic carbocycles. The molecule has 0 aromatic heterocycles. The van der Waals surface area contributed by atoms with E-state index in [1.807, 2.05) is 72.8 Å². The van der Waals surface area contributed by atoms with Crippen molar-refractivity contribution in [1.29, 1.82) is 0 Å². The number of benzene rings is 3. The summed E-state index contributed by atoms with van der Waals surface area (Å²) in [6.07, 6.45) is 1.66. The Bertz CT molecular complexity index is 1070. The number of carbonyl (C=O) groups excluding carboxylic acids is 1. The van der Waals surface area contributed by atoms with E-state index in [1.54, 1.807) is 19.3 Å². The first-order valence-corrected chi connectivity index (χ1v) is 9.16. The number of hydrogen-bond acceptors (Lipinski definition) is 5. The number of esters is 1. The number of ether oxygens (including phenoxy) is 3. The highest BCUT2D eigenvalue weighted by Gasteiger charge is 2.24. The first-order valence-electron chi connectivity index (χ1n) is 9.16. The summed E-state index contributed by atoms with van der Waals surface area (Å²) in [7, 11) is 1.60. The van der Waals surface area contributed by atoms with Crippen LogP contribution in [0.3, 0.4) is 0 Å². The molecule has 0 N–H and O–H groups in total. The fourth-order valence-electron chi connectivity index (χ4n) is 2.88. The van der Waals surface area contributed by atoms with Gasteiger partial charge in [-0.2, -0.15) is 0 Å². The topological polar surface area (TPSA) is 57.1 Å². The molecule has 1 aliphatic rings. The van der Waals surface area contributed by atoms with Gasteiger partial charge in [-0.1, -0.05) is 48.5 Å². The van der Waals surface area contributed by atoms with Crippen molar-refractivity contribution in [2.24, 2.45) is 4.99 Å². The van der Waals surface area contributed by atoms with Crippen molar-refractivity contribution in [3.63, 3.8) is 0 Å². The quantitative estimate of drug-likeness (QED) is 0.459. The molecule has 3 aromatic carbocycles. The monoisotopic (exact) mass is 385 g/mol. The lowest BCUT2D eigenvalue weighted by molar-refractivity contribution is -0.129. The number of aliphatic imine (C=N–C) groups is 1. The third-order valence-corrected chi connectivity index (χ3v) is 4.39. The van der Waals surface area contributed by atoms with Crippen LogP contribution in [0.5, 0.6) is 11.5 Å². The second-order valence-electron chi connectivity index (χ2n) is 6.38. The maximum atomic E-state index is 12.3. The van der Waals surface area contributed by atoms with E-state index in [4.69, 9.17) is 14.2 Å². The number of rotatable bonds is 6. The Kier molecular flexibility index (Phi) is 5.38. The summed E-state index contributed by atoms with van der Waals surface area (Å²) in [6, 6.07) is 24.6. The molecule has 3 aromatic rings. The van der Waals surface area contributed by atoms with Gasteiger partial charge in [0.05, 0.1) is 7.11 Å². The van der Waals surface area contributed by atoms with E-state index in [9.17, 15) is 4.79 Å². The summed E-state index contributed by atoms with van der Waals surface area (Å²) in [5.74, 6) is 1.06. The molecule has 0 spiro atoms. The van der Waals surface area contributed by atoms with Gasteiger partial charge in [0.1, 0.15) is 18.1 Å². The van der Waals surface area contributed by atoms with Crippen LogP contribution in [-0.4, -0.2) is 19.0 Å². The van der Waals surface area contributed by atoms with E-state index in [1.165, 1.54) is 0 Å². The minimum atomic E-state index is -0.492. The third kappa shape index (κ3) is 4.35. The molecule has 144 valence electrons. The predicted octanol–water partition coefficient (Wildman–Crippen LogP) is 4.62. The SMILES string of the molecule is COc1ccc(/C=C2/N=C(c3ccccc3)OC2=O)c(OCc2ccccc2)c1. The minimum absolute atomic E-state index is 0.221. The molecule has 0 bridgehead atoms. The normalized spacial score (nSPS) is 14.4. The molecule has 29 heavy (non-hydrogen) atoms. The summed E-state index contributed by atoms with van der Waals surface area (Å²) in [5, 5.41) is 0. The minimum Gasteiger partial charge on any atom is -0.497 e. The summed E-state index contributed by atoms with van der Waals surface area (Å²) in [4.78, 5) is 16.7. The molecule has 0 saturated heterocycles. The lowest BCUT2D eigenvalue weighted by Crippen LogP contribution is -2.05. The lowest BCUT2D eigenvalue weighted by Gasteiger charge is -2.11. The predicted molar refractivity (Wildman–Crippen MR) is 111 cm³/mol. The highest BCUT2D eigenvalue weighted by molar-refractivity contribution is 6.12. The molecule has 0 unspecified atom stereocenters. The fourth-order valence-corrected chi connectivity index (χ4v) is 2.88. The molecule has 0 radical (unpaired) electrons. The van der Waals surface area contributed by atoms with E-state index >= 15 is 0 Å². The standard InChI is InChI=1S/C24H19NO4/c1-27-20-13-12-19(22(15-20)28-16-17-8-4-2-5-9-17)14-21-24(26)29-23(25-21)18-10-6-3-7-11-18/h2-15H,16H2,1H3/b21-14+. The third-order valence-electron chi connectivity index (χ3n) is 4.39. The average molecular weight is 385 g/mol. The van der Waals surface area contributed by atoms with Crippen LogP contribution in [0.4, 0.5) is 0 Å². The maximum absolute atomic E-state index is 12.3. The van der Waals surface area contributed by atoms with Gasteiger partial charge in [0.25, 0.3) is 0 Å². The lowest BCUT2D eigenvalue weighted by atomic mass is 10.1. The van der Waals surface area contributed by atoms with Crippen LogP contribution in [0, 0.1) is 0 Å². The van der Waals surface area contributed by atoms with Gasteiger partial charge >= 0.3 is 5.97 Å². The molecule has 0 amide bonds. The van der Waals surface area contributed by atoms with Crippen molar-refractivity contribution >= 4 is 17.9 Å². The zero-order valence-corrected chi connectivity index (χ0v) is 15.9. The number of hydrogen-bond donors (Lipinski definition) is 0. The van der Waals surface area contributed by atoms with E-state index in [-0.39, 0.29) is 5.70 Å². The van der Waals surface area contributed by atoms with Crippen LogP contribution in [0.2, 0.25) is 0 Å². The van der Waals surface area contributed by atoms with Crippen molar-refractivity contribution in [2.45, 2.75) is 6.61 Å². The molecule has 5 nitrogen and oxygen atoms in total. The maximum Gasteiger partial charge on any atom is 0.363 e. The van der Waals surface area contributed by atoms with Crippen LogP contribution in [0.1, 0.15) is 16.7 Å². The van der Waals surface area contributed by atoms with Gasteiger partial charge in [0.15, 0.2) is 5.70 Å². The number of cyclic esters (lactones) is 1. The van der Waals surface area contributed by atoms with Gasteiger partial charge in [-0.05, 0) is 35.9 Å². The van der Waals surface area contributed by atoms with Crippen LogP contribution < -0.4 is 9.47 Å². The molecule has 4 rings (SSSR count). The van der Waals surface area contributed by atoms with Crippen LogP contribution in [0.15, 0.2) is 89.6 Å². The highest BCUT2D eigenvalue weighted by Crippen LogP contribution is 2.29. The van der Waals surface area contributed by atoms with Crippen molar-refractivity contribution in [2.75, 3.05) is 7.11 Å². The van der Waals surface area contributed by atoms with Crippen molar-refractivity contribution in [1.82, 2.24) is 0 Å².